The van der Waals surface area contributed by atoms with Crippen molar-refractivity contribution >= 4 is 11.6 Å². The lowest BCUT2D eigenvalue weighted by molar-refractivity contribution is -0.121. The van der Waals surface area contributed by atoms with Gasteiger partial charge in [0, 0.05) is 23.7 Å². The van der Waals surface area contributed by atoms with Crippen LogP contribution in [0.2, 0.25) is 0 Å². The molecule has 27 heavy (non-hydrogen) atoms. The molecule has 1 aliphatic carbocycles. The number of carbonyl (C=O) groups is 1. The molecule has 1 saturated heterocycles. The van der Waals surface area contributed by atoms with Crippen LogP contribution < -0.4 is 5.32 Å². The topological polar surface area (TPSA) is 45.5 Å². The molecule has 1 aromatic carbocycles. The maximum atomic E-state index is 12.7. The van der Waals surface area contributed by atoms with Crippen LogP contribution in [0.4, 0.5) is 5.69 Å². The molecule has 4 rings (SSSR count). The number of hydrogen-bond acceptors (Lipinski definition) is 3. The van der Waals surface area contributed by atoms with E-state index in [0.717, 1.165) is 48.9 Å². The van der Waals surface area contributed by atoms with Crippen molar-refractivity contribution in [2.75, 3.05) is 25.0 Å². The van der Waals surface area contributed by atoms with Gasteiger partial charge in [-0.3, -0.25) is 4.79 Å². The first-order chi connectivity index (χ1) is 13.3. The third-order valence-electron chi connectivity index (χ3n) is 5.79. The summed E-state index contributed by atoms with van der Waals surface area (Å²) < 4.78 is 5.45. The number of hydrogen-bond donors (Lipinski definition) is 1. The summed E-state index contributed by atoms with van der Waals surface area (Å²) in [5.41, 5.74) is 1.82. The van der Waals surface area contributed by atoms with Crippen LogP contribution in [0.1, 0.15) is 32.1 Å². The minimum Gasteiger partial charge on any atom is -0.464 e. The number of piperidine rings is 1. The third kappa shape index (κ3) is 4.69. The molecule has 0 radical (unpaired) electrons. The van der Waals surface area contributed by atoms with E-state index in [4.69, 9.17) is 4.42 Å². The predicted molar refractivity (Wildman–Crippen MR) is 108 cm³/mol. The molecule has 0 bridgehead atoms. The van der Waals surface area contributed by atoms with Crippen molar-refractivity contribution in [3.8, 4) is 11.3 Å². The van der Waals surface area contributed by atoms with Crippen molar-refractivity contribution in [2.24, 2.45) is 11.8 Å². The van der Waals surface area contributed by atoms with E-state index in [0.29, 0.717) is 0 Å². The maximum Gasteiger partial charge on any atom is 0.227 e. The van der Waals surface area contributed by atoms with Gasteiger partial charge >= 0.3 is 0 Å². The summed E-state index contributed by atoms with van der Waals surface area (Å²) in [6.45, 7) is 3.25. The predicted octanol–water partition coefficient (Wildman–Crippen LogP) is 4.95. The Labute approximate surface area is 161 Å². The molecule has 2 aliphatic rings. The molecule has 1 aromatic heterocycles. The first-order valence-electron chi connectivity index (χ1n) is 10.1. The average molecular weight is 364 g/mol. The molecule has 0 spiro atoms. The van der Waals surface area contributed by atoms with Crippen molar-refractivity contribution in [3.05, 3.63) is 54.8 Å². The zero-order valence-corrected chi connectivity index (χ0v) is 15.8. The van der Waals surface area contributed by atoms with Crippen LogP contribution >= 0.6 is 0 Å². The summed E-state index contributed by atoms with van der Waals surface area (Å²) in [5, 5.41) is 3.10. The number of carbonyl (C=O) groups excluding carboxylic acids is 1. The van der Waals surface area contributed by atoms with Gasteiger partial charge in [0.1, 0.15) is 5.76 Å². The summed E-state index contributed by atoms with van der Waals surface area (Å²) in [6.07, 6.45) is 11.9. The molecule has 4 heteroatoms. The highest BCUT2D eigenvalue weighted by molar-refractivity contribution is 5.93. The Morgan fingerprint density at radius 2 is 2.00 bits per heavy atom. The van der Waals surface area contributed by atoms with E-state index in [2.05, 4.69) is 22.4 Å². The Morgan fingerprint density at radius 3 is 2.74 bits per heavy atom. The lowest BCUT2D eigenvalue weighted by atomic mass is 9.91. The van der Waals surface area contributed by atoms with E-state index in [-0.39, 0.29) is 11.8 Å². The van der Waals surface area contributed by atoms with Gasteiger partial charge in [0.05, 0.1) is 6.26 Å². The summed E-state index contributed by atoms with van der Waals surface area (Å²) >= 11 is 0. The molecule has 1 N–H and O–H groups in total. The highest BCUT2D eigenvalue weighted by Gasteiger charge is 2.26. The summed E-state index contributed by atoms with van der Waals surface area (Å²) in [5.74, 6) is 1.87. The standard InChI is InChI=1S/C23H28N2O2/c26-23(24-21-9-4-8-20(16-21)22-10-5-15-27-22)19-11-13-25(14-12-19)17-18-6-2-1-3-7-18/h1-2,4-5,8-10,15-16,18-19H,3,6-7,11-14,17H2,(H,24,26). The van der Waals surface area contributed by atoms with Gasteiger partial charge in [0.15, 0.2) is 0 Å². The number of nitrogens with zero attached hydrogens (tertiary/aromatic N) is 1. The van der Waals surface area contributed by atoms with Crippen LogP contribution in [-0.2, 0) is 4.79 Å². The van der Waals surface area contributed by atoms with E-state index in [1.165, 1.54) is 25.8 Å². The monoisotopic (exact) mass is 364 g/mol. The van der Waals surface area contributed by atoms with E-state index >= 15 is 0 Å². The number of nitrogens with one attached hydrogen (secondary N) is 1. The highest BCUT2D eigenvalue weighted by Crippen LogP contribution is 2.26. The smallest absolute Gasteiger partial charge is 0.227 e. The van der Waals surface area contributed by atoms with Gasteiger partial charge in [-0.05, 0) is 75.4 Å². The Morgan fingerprint density at radius 1 is 1.11 bits per heavy atom. The Kier molecular flexibility index (Phi) is 5.73. The SMILES string of the molecule is O=C(Nc1cccc(-c2ccco2)c1)C1CCN(CC2CC=CCC2)CC1. The van der Waals surface area contributed by atoms with Gasteiger partial charge in [-0.2, -0.15) is 0 Å². The Balaban J connectivity index is 1.28. The molecule has 2 aromatic rings. The van der Waals surface area contributed by atoms with E-state index < -0.39 is 0 Å². The van der Waals surface area contributed by atoms with Gasteiger partial charge < -0.3 is 14.6 Å². The number of anilines is 1. The van der Waals surface area contributed by atoms with Crippen LogP contribution in [-0.4, -0.2) is 30.4 Å². The molecule has 2 heterocycles. The maximum absolute atomic E-state index is 12.7. The lowest BCUT2D eigenvalue weighted by Gasteiger charge is -2.34. The largest absolute Gasteiger partial charge is 0.464 e. The molecular weight excluding hydrogens is 336 g/mol. The first kappa shape index (κ1) is 18.1. The number of likely N-dealkylation sites (tertiary alicyclic amines) is 1. The van der Waals surface area contributed by atoms with Gasteiger partial charge in [-0.1, -0.05) is 24.3 Å². The molecule has 142 valence electrons. The minimum absolute atomic E-state index is 0.111. The summed E-state index contributed by atoms with van der Waals surface area (Å²) in [7, 11) is 0. The normalized spacial score (nSPS) is 21.3. The van der Waals surface area contributed by atoms with E-state index in [9.17, 15) is 4.79 Å². The molecule has 4 nitrogen and oxygen atoms in total. The fourth-order valence-corrected chi connectivity index (χ4v) is 4.20. The first-order valence-corrected chi connectivity index (χ1v) is 10.1. The summed E-state index contributed by atoms with van der Waals surface area (Å²) in [4.78, 5) is 15.2. The molecule has 0 saturated carbocycles. The van der Waals surface area contributed by atoms with Gasteiger partial charge in [0.25, 0.3) is 0 Å². The Hall–Kier alpha value is -2.33. The third-order valence-corrected chi connectivity index (χ3v) is 5.79. The van der Waals surface area contributed by atoms with Crippen LogP contribution in [0.5, 0.6) is 0 Å². The zero-order chi connectivity index (χ0) is 18.5. The highest BCUT2D eigenvalue weighted by atomic mass is 16.3. The lowest BCUT2D eigenvalue weighted by Crippen LogP contribution is -2.40. The van der Waals surface area contributed by atoms with Crippen LogP contribution in [0, 0.1) is 11.8 Å². The minimum atomic E-state index is 0.111. The van der Waals surface area contributed by atoms with Crippen molar-refractivity contribution in [1.82, 2.24) is 4.90 Å². The molecule has 1 unspecified atom stereocenters. The van der Waals surface area contributed by atoms with Crippen molar-refractivity contribution < 1.29 is 9.21 Å². The second-order valence-corrected chi connectivity index (χ2v) is 7.77. The van der Waals surface area contributed by atoms with Gasteiger partial charge in [0.2, 0.25) is 5.91 Å². The molecule has 1 fully saturated rings. The van der Waals surface area contributed by atoms with Crippen molar-refractivity contribution in [2.45, 2.75) is 32.1 Å². The average Bonchev–Trinajstić information content (AvgIpc) is 3.24. The number of amides is 1. The van der Waals surface area contributed by atoms with Crippen LogP contribution in [0.3, 0.4) is 0 Å². The fourth-order valence-electron chi connectivity index (χ4n) is 4.20. The molecule has 1 amide bonds. The van der Waals surface area contributed by atoms with Gasteiger partial charge in [-0.15, -0.1) is 0 Å². The summed E-state index contributed by atoms with van der Waals surface area (Å²) in [6, 6.07) is 11.7. The van der Waals surface area contributed by atoms with Gasteiger partial charge in [-0.25, -0.2) is 0 Å². The number of furan rings is 1. The molecular formula is C23H28N2O2. The fraction of sp³-hybridized carbons (Fsp3) is 0.435. The number of allylic oxidation sites excluding steroid dienone is 2. The van der Waals surface area contributed by atoms with Crippen molar-refractivity contribution in [1.29, 1.82) is 0 Å². The molecule has 1 atom stereocenters. The Bertz CT molecular complexity index is 773. The number of benzene rings is 1. The van der Waals surface area contributed by atoms with Crippen LogP contribution in [0.15, 0.2) is 59.2 Å². The quantitative estimate of drug-likeness (QED) is 0.763. The van der Waals surface area contributed by atoms with E-state index in [1.807, 2.05) is 36.4 Å². The zero-order valence-electron chi connectivity index (χ0n) is 15.8. The second-order valence-electron chi connectivity index (χ2n) is 7.77. The van der Waals surface area contributed by atoms with Crippen LogP contribution in [0.25, 0.3) is 11.3 Å². The van der Waals surface area contributed by atoms with Crippen molar-refractivity contribution in [3.63, 3.8) is 0 Å². The van der Waals surface area contributed by atoms with E-state index in [1.54, 1.807) is 6.26 Å². The molecule has 1 aliphatic heterocycles. The second kappa shape index (κ2) is 8.57. The number of rotatable bonds is 5.